The number of ether oxygens (including phenoxy) is 1. The summed E-state index contributed by atoms with van der Waals surface area (Å²) in [5.74, 6) is -0.342. The molecular formula is C18H28F2N4O. The molecule has 1 aliphatic rings. The lowest BCUT2D eigenvalue weighted by Crippen LogP contribution is -2.45. The van der Waals surface area contributed by atoms with Crippen LogP contribution in [0.5, 0.6) is 0 Å². The van der Waals surface area contributed by atoms with Crippen molar-refractivity contribution in [1.29, 1.82) is 0 Å². The SMILES string of the molecule is CN=C(NCCCOC(C)C)NC1CCN(c2ccc(F)cc2F)C1. The van der Waals surface area contributed by atoms with E-state index < -0.39 is 11.6 Å². The molecule has 140 valence electrons. The third-order valence-corrected chi connectivity index (χ3v) is 4.07. The Bertz CT molecular complexity index is 580. The molecule has 1 heterocycles. The second-order valence-corrected chi connectivity index (χ2v) is 6.44. The van der Waals surface area contributed by atoms with Crippen molar-refractivity contribution in [3.05, 3.63) is 29.8 Å². The number of guanidine groups is 1. The van der Waals surface area contributed by atoms with Crippen molar-refractivity contribution in [2.75, 3.05) is 38.2 Å². The van der Waals surface area contributed by atoms with Crippen LogP contribution in [0.2, 0.25) is 0 Å². The predicted octanol–water partition coefficient (Wildman–Crippen LogP) is 2.52. The van der Waals surface area contributed by atoms with Gasteiger partial charge in [0, 0.05) is 45.4 Å². The summed E-state index contributed by atoms with van der Waals surface area (Å²) in [6.45, 7) is 6.89. The molecule has 0 bridgehead atoms. The Morgan fingerprint density at radius 2 is 2.20 bits per heavy atom. The van der Waals surface area contributed by atoms with Gasteiger partial charge in [0.2, 0.25) is 0 Å². The third-order valence-electron chi connectivity index (χ3n) is 4.07. The van der Waals surface area contributed by atoms with Crippen LogP contribution in [0.25, 0.3) is 0 Å². The monoisotopic (exact) mass is 354 g/mol. The summed E-state index contributed by atoms with van der Waals surface area (Å²) in [5, 5.41) is 6.62. The van der Waals surface area contributed by atoms with Gasteiger partial charge >= 0.3 is 0 Å². The molecular weight excluding hydrogens is 326 g/mol. The molecule has 1 aromatic carbocycles. The van der Waals surface area contributed by atoms with Crippen LogP contribution in [0.15, 0.2) is 23.2 Å². The molecule has 1 fully saturated rings. The second kappa shape index (κ2) is 9.56. The molecule has 1 aliphatic heterocycles. The summed E-state index contributed by atoms with van der Waals surface area (Å²) in [6.07, 6.45) is 2.01. The van der Waals surface area contributed by atoms with E-state index in [4.69, 9.17) is 4.74 Å². The topological polar surface area (TPSA) is 48.9 Å². The standard InChI is InChI=1S/C18H28F2N4O/c1-13(2)25-10-4-8-22-18(21-3)23-15-7-9-24(12-15)17-6-5-14(19)11-16(17)20/h5-6,11,13,15H,4,7-10,12H2,1-3H3,(H2,21,22,23). The fourth-order valence-corrected chi connectivity index (χ4v) is 2.82. The Morgan fingerprint density at radius 1 is 1.40 bits per heavy atom. The Morgan fingerprint density at radius 3 is 2.88 bits per heavy atom. The van der Waals surface area contributed by atoms with E-state index in [1.54, 1.807) is 7.05 Å². The van der Waals surface area contributed by atoms with Gasteiger partial charge in [0.1, 0.15) is 11.6 Å². The van der Waals surface area contributed by atoms with Crippen LogP contribution in [0.3, 0.4) is 0 Å². The number of halogens is 2. The lowest BCUT2D eigenvalue weighted by atomic mass is 10.2. The maximum Gasteiger partial charge on any atom is 0.191 e. The Balaban J connectivity index is 1.77. The summed E-state index contributed by atoms with van der Waals surface area (Å²) < 4.78 is 32.5. The van der Waals surface area contributed by atoms with Crippen LogP contribution in [-0.4, -0.2) is 51.4 Å². The summed E-state index contributed by atoms with van der Waals surface area (Å²) in [6, 6.07) is 3.88. The largest absolute Gasteiger partial charge is 0.379 e. The van der Waals surface area contributed by atoms with Gasteiger partial charge in [-0.1, -0.05) is 0 Å². The van der Waals surface area contributed by atoms with E-state index in [0.29, 0.717) is 18.8 Å². The maximum absolute atomic E-state index is 13.9. The van der Waals surface area contributed by atoms with Gasteiger partial charge < -0.3 is 20.3 Å². The first-order chi connectivity index (χ1) is 12.0. The molecule has 0 spiro atoms. The van der Waals surface area contributed by atoms with Crippen molar-refractivity contribution in [2.45, 2.75) is 38.8 Å². The Labute approximate surface area is 148 Å². The summed E-state index contributed by atoms with van der Waals surface area (Å²) in [5.41, 5.74) is 0.444. The minimum atomic E-state index is -0.554. The molecule has 1 atom stereocenters. The fraction of sp³-hybridized carbons (Fsp3) is 0.611. The number of nitrogens with one attached hydrogen (secondary N) is 2. The first kappa shape index (κ1) is 19.4. The zero-order chi connectivity index (χ0) is 18.2. The predicted molar refractivity (Wildman–Crippen MR) is 97.2 cm³/mol. The number of hydrogen-bond donors (Lipinski definition) is 2. The van der Waals surface area contributed by atoms with Gasteiger partial charge in [0.25, 0.3) is 0 Å². The summed E-state index contributed by atoms with van der Waals surface area (Å²) in [7, 11) is 1.73. The van der Waals surface area contributed by atoms with Gasteiger partial charge in [0.15, 0.2) is 5.96 Å². The van der Waals surface area contributed by atoms with E-state index in [1.165, 1.54) is 12.1 Å². The van der Waals surface area contributed by atoms with Crippen molar-refractivity contribution in [2.24, 2.45) is 4.99 Å². The average Bonchev–Trinajstić information content (AvgIpc) is 3.01. The van der Waals surface area contributed by atoms with Crippen LogP contribution >= 0.6 is 0 Å². The third kappa shape index (κ3) is 6.16. The Hall–Kier alpha value is -1.89. The van der Waals surface area contributed by atoms with E-state index in [-0.39, 0.29) is 12.1 Å². The molecule has 0 saturated carbocycles. The molecule has 0 radical (unpaired) electrons. The van der Waals surface area contributed by atoms with Crippen molar-refractivity contribution >= 4 is 11.6 Å². The van der Waals surface area contributed by atoms with Crippen LogP contribution in [0.4, 0.5) is 14.5 Å². The zero-order valence-electron chi connectivity index (χ0n) is 15.2. The first-order valence-corrected chi connectivity index (χ1v) is 8.78. The van der Waals surface area contributed by atoms with Gasteiger partial charge in [-0.3, -0.25) is 4.99 Å². The second-order valence-electron chi connectivity index (χ2n) is 6.44. The van der Waals surface area contributed by atoms with Gasteiger partial charge in [-0.15, -0.1) is 0 Å². The lowest BCUT2D eigenvalue weighted by Gasteiger charge is -2.21. The van der Waals surface area contributed by atoms with E-state index in [9.17, 15) is 8.78 Å². The smallest absolute Gasteiger partial charge is 0.191 e. The van der Waals surface area contributed by atoms with E-state index >= 15 is 0 Å². The van der Waals surface area contributed by atoms with Crippen molar-refractivity contribution in [1.82, 2.24) is 10.6 Å². The van der Waals surface area contributed by atoms with Gasteiger partial charge in [-0.25, -0.2) is 8.78 Å². The minimum Gasteiger partial charge on any atom is -0.379 e. The fourth-order valence-electron chi connectivity index (χ4n) is 2.82. The zero-order valence-corrected chi connectivity index (χ0v) is 15.2. The highest BCUT2D eigenvalue weighted by atomic mass is 19.1. The Kier molecular flexibility index (Phi) is 7.43. The van der Waals surface area contributed by atoms with Crippen LogP contribution < -0.4 is 15.5 Å². The number of anilines is 1. The minimum absolute atomic E-state index is 0.169. The molecule has 1 saturated heterocycles. The average molecular weight is 354 g/mol. The van der Waals surface area contributed by atoms with Gasteiger partial charge in [0.05, 0.1) is 11.8 Å². The van der Waals surface area contributed by atoms with Crippen LogP contribution in [0.1, 0.15) is 26.7 Å². The highest BCUT2D eigenvalue weighted by Crippen LogP contribution is 2.24. The van der Waals surface area contributed by atoms with Crippen LogP contribution in [0, 0.1) is 11.6 Å². The summed E-state index contributed by atoms with van der Waals surface area (Å²) in [4.78, 5) is 6.15. The number of benzene rings is 1. The van der Waals surface area contributed by atoms with Crippen molar-refractivity contribution < 1.29 is 13.5 Å². The number of rotatable bonds is 7. The quantitative estimate of drug-likeness (QED) is 0.449. The molecule has 25 heavy (non-hydrogen) atoms. The number of hydrogen-bond acceptors (Lipinski definition) is 3. The van der Waals surface area contributed by atoms with E-state index in [2.05, 4.69) is 15.6 Å². The normalized spacial score (nSPS) is 18.1. The van der Waals surface area contributed by atoms with E-state index in [0.717, 1.165) is 38.0 Å². The van der Waals surface area contributed by atoms with Crippen molar-refractivity contribution in [3.63, 3.8) is 0 Å². The number of nitrogens with zero attached hydrogens (tertiary/aromatic N) is 2. The molecule has 7 heteroatoms. The number of aliphatic imine (C=N–C) groups is 1. The molecule has 0 amide bonds. The maximum atomic E-state index is 13.9. The van der Waals surface area contributed by atoms with Crippen LogP contribution in [-0.2, 0) is 4.74 Å². The molecule has 0 aliphatic carbocycles. The molecule has 2 rings (SSSR count). The first-order valence-electron chi connectivity index (χ1n) is 8.78. The van der Waals surface area contributed by atoms with Gasteiger partial charge in [-0.05, 0) is 38.8 Å². The van der Waals surface area contributed by atoms with Gasteiger partial charge in [-0.2, -0.15) is 0 Å². The lowest BCUT2D eigenvalue weighted by molar-refractivity contribution is 0.0776. The molecule has 5 nitrogen and oxygen atoms in total. The highest BCUT2D eigenvalue weighted by Gasteiger charge is 2.25. The highest BCUT2D eigenvalue weighted by molar-refractivity contribution is 5.80. The molecule has 1 aromatic rings. The van der Waals surface area contributed by atoms with Crippen molar-refractivity contribution in [3.8, 4) is 0 Å². The van der Waals surface area contributed by atoms with E-state index in [1.807, 2.05) is 18.7 Å². The molecule has 1 unspecified atom stereocenters. The molecule has 2 N–H and O–H groups in total. The molecule has 0 aromatic heterocycles. The summed E-state index contributed by atoms with van der Waals surface area (Å²) >= 11 is 0.